The van der Waals surface area contributed by atoms with E-state index in [4.69, 9.17) is 9.72 Å². The van der Waals surface area contributed by atoms with Crippen molar-refractivity contribution in [2.45, 2.75) is 18.9 Å². The molecule has 4 heterocycles. The number of aromatic nitrogens is 4. The van der Waals surface area contributed by atoms with Crippen molar-refractivity contribution in [1.29, 1.82) is 0 Å². The summed E-state index contributed by atoms with van der Waals surface area (Å²) in [5.41, 5.74) is 1.71. The predicted octanol–water partition coefficient (Wildman–Crippen LogP) is 2.67. The third kappa shape index (κ3) is 1.78. The van der Waals surface area contributed by atoms with E-state index in [1.54, 1.807) is 12.4 Å². The highest BCUT2D eigenvalue weighted by Crippen LogP contribution is 2.31. The van der Waals surface area contributed by atoms with Gasteiger partial charge in [-0.3, -0.25) is 4.57 Å². The topological polar surface area (TPSA) is 52.8 Å². The van der Waals surface area contributed by atoms with Crippen molar-refractivity contribution in [3.8, 4) is 5.82 Å². The summed E-state index contributed by atoms with van der Waals surface area (Å²) in [7, 11) is 0. The molecule has 1 unspecified atom stereocenters. The van der Waals surface area contributed by atoms with Crippen LogP contribution >= 0.6 is 0 Å². The highest BCUT2D eigenvalue weighted by atomic mass is 16.5. The molecule has 0 aliphatic carbocycles. The van der Waals surface area contributed by atoms with E-state index in [2.05, 4.69) is 9.97 Å². The Morgan fingerprint density at radius 1 is 1.10 bits per heavy atom. The Morgan fingerprint density at radius 2 is 2.05 bits per heavy atom. The van der Waals surface area contributed by atoms with Gasteiger partial charge >= 0.3 is 0 Å². The lowest BCUT2D eigenvalue weighted by Crippen LogP contribution is -2.08. The van der Waals surface area contributed by atoms with E-state index in [-0.39, 0.29) is 6.10 Å². The van der Waals surface area contributed by atoms with Crippen LogP contribution in [0.4, 0.5) is 0 Å². The third-order valence-corrected chi connectivity index (χ3v) is 3.54. The van der Waals surface area contributed by atoms with Gasteiger partial charge in [0, 0.05) is 19.0 Å². The van der Waals surface area contributed by atoms with E-state index >= 15 is 0 Å². The summed E-state index contributed by atoms with van der Waals surface area (Å²) in [6.45, 7) is 0.795. The van der Waals surface area contributed by atoms with Crippen molar-refractivity contribution in [1.82, 2.24) is 19.5 Å². The molecule has 0 N–H and O–H groups in total. The molecule has 1 aliphatic heterocycles. The molecule has 0 aromatic carbocycles. The Bertz CT molecular complexity index is 732. The quantitative estimate of drug-likeness (QED) is 0.715. The molecular formula is C15H14N4O. The van der Waals surface area contributed by atoms with Crippen LogP contribution in [0.2, 0.25) is 0 Å². The van der Waals surface area contributed by atoms with E-state index in [9.17, 15) is 0 Å². The third-order valence-electron chi connectivity index (χ3n) is 3.54. The van der Waals surface area contributed by atoms with Crippen LogP contribution in [-0.4, -0.2) is 26.1 Å². The second-order valence-electron chi connectivity index (χ2n) is 4.84. The first kappa shape index (κ1) is 11.5. The van der Waals surface area contributed by atoms with Gasteiger partial charge in [-0.15, -0.1) is 0 Å². The van der Waals surface area contributed by atoms with Gasteiger partial charge in [-0.2, -0.15) is 0 Å². The maximum absolute atomic E-state index is 5.79. The van der Waals surface area contributed by atoms with Crippen molar-refractivity contribution in [3.05, 3.63) is 48.5 Å². The first-order valence-electron chi connectivity index (χ1n) is 6.80. The van der Waals surface area contributed by atoms with Gasteiger partial charge < -0.3 is 4.74 Å². The van der Waals surface area contributed by atoms with Crippen LogP contribution in [0.3, 0.4) is 0 Å². The summed E-state index contributed by atoms with van der Waals surface area (Å²) in [5, 5.41) is 0. The largest absolute Gasteiger partial charge is 0.370 e. The fourth-order valence-electron chi connectivity index (χ4n) is 2.64. The van der Waals surface area contributed by atoms with Gasteiger partial charge in [-0.05, 0) is 37.1 Å². The maximum atomic E-state index is 5.79. The zero-order valence-corrected chi connectivity index (χ0v) is 10.9. The van der Waals surface area contributed by atoms with E-state index in [0.717, 1.165) is 42.3 Å². The highest BCUT2D eigenvalue weighted by Gasteiger charge is 2.25. The molecule has 1 aliphatic rings. The van der Waals surface area contributed by atoms with E-state index in [1.165, 1.54) is 0 Å². The molecule has 0 amide bonds. The Labute approximate surface area is 116 Å². The van der Waals surface area contributed by atoms with Gasteiger partial charge in [0.05, 0.1) is 0 Å². The lowest BCUT2D eigenvalue weighted by Gasteiger charge is -2.12. The molecule has 5 nitrogen and oxygen atoms in total. The second-order valence-corrected chi connectivity index (χ2v) is 4.84. The van der Waals surface area contributed by atoms with Gasteiger partial charge in [0.15, 0.2) is 5.65 Å². The summed E-state index contributed by atoms with van der Waals surface area (Å²) in [6.07, 6.45) is 5.66. The van der Waals surface area contributed by atoms with Gasteiger partial charge in [-0.25, -0.2) is 15.0 Å². The zero-order valence-electron chi connectivity index (χ0n) is 10.9. The van der Waals surface area contributed by atoms with Gasteiger partial charge in [0.2, 0.25) is 0 Å². The minimum Gasteiger partial charge on any atom is -0.370 e. The van der Waals surface area contributed by atoms with Gasteiger partial charge in [0.1, 0.15) is 23.3 Å². The summed E-state index contributed by atoms with van der Waals surface area (Å²) in [4.78, 5) is 13.6. The molecule has 0 spiro atoms. The molecule has 20 heavy (non-hydrogen) atoms. The van der Waals surface area contributed by atoms with Crippen molar-refractivity contribution < 1.29 is 4.74 Å². The molecular weight excluding hydrogens is 252 g/mol. The van der Waals surface area contributed by atoms with Crippen LogP contribution in [0.5, 0.6) is 0 Å². The van der Waals surface area contributed by atoms with Gasteiger partial charge in [-0.1, -0.05) is 6.07 Å². The molecule has 0 saturated carbocycles. The maximum Gasteiger partial charge on any atom is 0.165 e. The first-order chi connectivity index (χ1) is 9.93. The number of fused-ring (bicyclic) bond motifs is 1. The lowest BCUT2D eigenvalue weighted by molar-refractivity contribution is 0.104. The van der Waals surface area contributed by atoms with Crippen LogP contribution < -0.4 is 0 Å². The highest BCUT2D eigenvalue weighted by molar-refractivity contribution is 5.73. The summed E-state index contributed by atoms with van der Waals surface area (Å²) < 4.78 is 7.80. The van der Waals surface area contributed by atoms with Crippen molar-refractivity contribution in [2.75, 3.05) is 6.61 Å². The summed E-state index contributed by atoms with van der Waals surface area (Å²) in [6, 6.07) is 9.71. The Kier molecular flexibility index (Phi) is 2.70. The number of ether oxygens (including phenoxy) is 1. The van der Waals surface area contributed by atoms with E-state index in [1.807, 2.05) is 34.9 Å². The number of rotatable bonds is 2. The smallest absolute Gasteiger partial charge is 0.165 e. The van der Waals surface area contributed by atoms with Crippen LogP contribution in [0.1, 0.15) is 24.8 Å². The molecule has 1 fully saturated rings. The Morgan fingerprint density at radius 3 is 2.85 bits per heavy atom. The minimum atomic E-state index is 0.0335. The number of pyridine rings is 2. The molecule has 0 bridgehead atoms. The monoisotopic (exact) mass is 266 g/mol. The fourth-order valence-corrected chi connectivity index (χ4v) is 2.64. The zero-order chi connectivity index (χ0) is 13.4. The minimum absolute atomic E-state index is 0.0335. The van der Waals surface area contributed by atoms with Crippen LogP contribution in [0.15, 0.2) is 42.7 Å². The molecule has 4 rings (SSSR count). The van der Waals surface area contributed by atoms with Crippen LogP contribution in [0, 0.1) is 0 Å². The second kappa shape index (κ2) is 4.68. The number of nitrogens with zero attached hydrogens (tertiary/aromatic N) is 4. The standard InChI is InChI=1S/C15H14N4O/c1-2-8-16-13(7-1)19-14-11(5-3-9-17-14)18-15(19)12-6-4-10-20-12/h1-3,5,7-9,12H,4,6,10H2. The van der Waals surface area contributed by atoms with Gasteiger partial charge in [0.25, 0.3) is 0 Å². The predicted molar refractivity (Wildman–Crippen MR) is 74.6 cm³/mol. The number of imidazole rings is 1. The molecule has 0 radical (unpaired) electrons. The average molecular weight is 266 g/mol. The van der Waals surface area contributed by atoms with Crippen LogP contribution in [-0.2, 0) is 4.74 Å². The van der Waals surface area contributed by atoms with Crippen molar-refractivity contribution in [3.63, 3.8) is 0 Å². The molecule has 100 valence electrons. The average Bonchev–Trinajstić information content (AvgIpc) is 3.15. The fraction of sp³-hybridized carbons (Fsp3) is 0.267. The van der Waals surface area contributed by atoms with Crippen molar-refractivity contribution in [2.24, 2.45) is 0 Å². The SMILES string of the molecule is c1ccc(-n2c(C3CCCO3)nc3cccnc32)nc1. The molecule has 1 atom stereocenters. The summed E-state index contributed by atoms with van der Waals surface area (Å²) >= 11 is 0. The Hall–Kier alpha value is -2.27. The summed E-state index contributed by atoms with van der Waals surface area (Å²) in [5.74, 6) is 1.73. The number of hydrogen-bond donors (Lipinski definition) is 0. The number of hydrogen-bond acceptors (Lipinski definition) is 4. The van der Waals surface area contributed by atoms with E-state index < -0.39 is 0 Å². The Balaban J connectivity index is 1.98. The molecule has 3 aromatic heterocycles. The first-order valence-corrected chi connectivity index (χ1v) is 6.80. The van der Waals surface area contributed by atoms with E-state index in [0.29, 0.717) is 0 Å². The lowest BCUT2D eigenvalue weighted by atomic mass is 10.2. The van der Waals surface area contributed by atoms with Crippen molar-refractivity contribution >= 4 is 11.2 Å². The van der Waals surface area contributed by atoms with Crippen LogP contribution in [0.25, 0.3) is 17.0 Å². The molecule has 1 saturated heterocycles. The molecule has 3 aromatic rings. The normalized spacial score (nSPS) is 18.7. The molecule has 5 heteroatoms.